The average Bonchev–Trinajstić information content (AvgIpc) is 2.55. The third kappa shape index (κ3) is 5.07. The lowest BCUT2D eigenvalue weighted by molar-refractivity contribution is -0.120. The van der Waals surface area contributed by atoms with Crippen LogP contribution in [0.1, 0.15) is 37.8 Å². The Kier molecular flexibility index (Phi) is 6.21. The van der Waals surface area contributed by atoms with Gasteiger partial charge in [0.2, 0.25) is 11.8 Å². The molecule has 0 fully saturated rings. The Labute approximate surface area is 153 Å². The van der Waals surface area contributed by atoms with E-state index in [2.05, 4.69) is 19.2 Å². The fraction of sp³-hybridized carbons (Fsp3) is 0.300. The highest BCUT2D eigenvalue weighted by Gasteiger charge is 2.16. The minimum Gasteiger partial charge on any atom is -0.324 e. The van der Waals surface area contributed by atoms with Crippen LogP contribution in [0.25, 0.3) is 0 Å². The second-order valence-electron chi connectivity index (χ2n) is 6.36. The zero-order valence-corrected chi connectivity index (χ0v) is 15.7. The first-order valence-electron chi connectivity index (χ1n) is 8.22. The normalized spacial score (nSPS) is 10.6. The highest BCUT2D eigenvalue weighted by molar-refractivity contribution is 6.30. The van der Waals surface area contributed by atoms with Crippen LogP contribution in [0.5, 0.6) is 0 Å². The van der Waals surface area contributed by atoms with Crippen molar-refractivity contribution >= 4 is 34.8 Å². The summed E-state index contributed by atoms with van der Waals surface area (Å²) in [5.41, 5.74) is 3.46. The first-order chi connectivity index (χ1) is 11.8. The molecule has 0 spiro atoms. The topological polar surface area (TPSA) is 49.4 Å². The van der Waals surface area contributed by atoms with Gasteiger partial charge in [0.1, 0.15) is 6.54 Å². The van der Waals surface area contributed by atoms with Crippen molar-refractivity contribution in [3.63, 3.8) is 0 Å². The number of amides is 2. The summed E-state index contributed by atoms with van der Waals surface area (Å²) in [6.45, 7) is 7.50. The maximum absolute atomic E-state index is 12.4. The first kappa shape index (κ1) is 19.0. The van der Waals surface area contributed by atoms with Gasteiger partial charge < -0.3 is 10.2 Å². The number of hydrogen-bond donors (Lipinski definition) is 1. The molecule has 132 valence electrons. The van der Waals surface area contributed by atoms with E-state index in [0.717, 1.165) is 5.56 Å². The molecule has 0 aliphatic heterocycles. The predicted octanol–water partition coefficient (Wildman–Crippen LogP) is 4.76. The van der Waals surface area contributed by atoms with Gasteiger partial charge in [-0.25, -0.2) is 0 Å². The third-order valence-electron chi connectivity index (χ3n) is 4.02. The molecule has 2 amide bonds. The lowest BCUT2D eigenvalue weighted by atomic mass is 10.0. The zero-order chi connectivity index (χ0) is 18.6. The summed E-state index contributed by atoms with van der Waals surface area (Å²) < 4.78 is 0. The predicted molar refractivity (Wildman–Crippen MR) is 103 cm³/mol. The molecule has 0 unspecified atom stereocenters. The van der Waals surface area contributed by atoms with Crippen molar-refractivity contribution in [3.8, 4) is 0 Å². The molecule has 0 radical (unpaired) electrons. The molecule has 0 bridgehead atoms. The van der Waals surface area contributed by atoms with E-state index in [1.165, 1.54) is 17.4 Å². The number of anilines is 2. The largest absolute Gasteiger partial charge is 0.324 e. The minimum absolute atomic E-state index is 0.0432. The first-order valence-corrected chi connectivity index (χ1v) is 8.59. The van der Waals surface area contributed by atoms with Crippen molar-refractivity contribution in [3.05, 3.63) is 58.6 Å². The number of aryl methyl sites for hydroxylation is 1. The Hall–Kier alpha value is -2.33. The van der Waals surface area contributed by atoms with Crippen LogP contribution in [0.15, 0.2) is 42.5 Å². The number of halogens is 1. The standard InChI is InChI=1S/C20H23ClN2O2/c1-13(2)16-5-8-18(9-6-16)23(15(4)24)12-20(25)22-19-10-7-17(21)11-14(19)3/h5-11,13H,12H2,1-4H3,(H,22,25). The van der Waals surface area contributed by atoms with Gasteiger partial charge in [-0.3, -0.25) is 9.59 Å². The summed E-state index contributed by atoms with van der Waals surface area (Å²) in [5, 5.41) is 3.45. The van der Waals surface area contributed by atoms with Crippen molar-refractivity contribution < 1.29 is 9.59 Å². The molecular weight excluding hydrogens is 336 g/mol. The zero-order valence-electron chi connectivity index (χ0n) is 15.0. The highest BCUT2D eigenvalue weighted by atomic mass is 35.5. The Morgan fingerprint density at radius 1 is 1.12 bits per heavy atom. The van der Waals surface area contributed by atoms with Gasteiger partial charge in [-0.15, -0.1) is 0 Å². The molecule has 0 atom stereocenters. The average molecular weight is 359 g/mol. The molecule has 1 N–H and O–H groups in total. The molecule has 0 aromatic heterocycles. The number of carbonyl (C=O) groups excluding carboxylic acids is 2. The SMILES string of the molecule is CC(=O)N(CC(=O)Nc1ccc(Cl)cc1C)c1ccc(C(C)C)cc1. The maximum atomic E-state index is 12.4. The number of benzene rings is 2. The van der Waals surface area contributed by atoms with E-state index >= 15 is 0 Å². The van der Waals surface area contributed by atoms with Crippen LogP contribution < -0.4 is 10.2 Å². The van der Waals surface area contributed by atoms with E-state index < -0.39 is 0 Å². The van der Waals surface area contributed by atoms with Crippen LogP contribution >= 0.6 is 11.6 Å². The van der Waals surface area contributed by atoms with Crippen LogP contribution in [-0.2, 0) is 9.59 Å². The number of nitrogens with zero attached hydrogens (tertiary/aromatic N) is 1. The molecule has 4 nitrogen and oxygen atoms in total. The summed E-state index contributed by atoms with van der Waals surface area (Å²) in [4.78, 5) is 25.8. The molecular formula is C20H23ClN2O2. The molecule has 25 heavy (non-hydrogen) atoms. The molecule has 2 aromatic carbocycles. The van der Waals surface area contributed by atoms with Gasteiger partial charge in [0.05, 0.1) is 0 Å². The van der Waals surface area contributed by atoms with Crippen molar-refractivity contribution in [1.82, 2.24) is 0 Å². The van der Waals surface area contributed by atoms with E-state index in [1.807, 2.05) is 31.2 Å². The molecule has 0 saturated carbocycles. The molecule has 0 aliphatic carbocycles. The van der Waals surface area contributed by atoms with E-state index in [-0.39, 0.29) is 18.4 Å². The van der Waals surface area contributed by atoms with E-state index in [4.69, 9.17) is 11.6 Å². The molecule has 0 saturated heterocycles. The number of rotatable bonds is 5. The quantitative estimate of drug-likeness (QED) is 0.837. The summed E-state index contributed by atoms with van der Waals surface area (Å²) in [6, 6.07) is 13.0. The highest BCUT2D eigenvalue weighted by Crippen LogP contribution is 2.22. The van der Waals surface area contributed by atoms with Gasteiger partial charge in [0.15, 0.2) is 0 Å². The molecule has 0 heterocycles. The molecule has 2 rings (SSSR count). The minimum atomic E-state index is -0.256. The lowest BCUT2D eigenvalue weighted by Crippen LogP contribution is -2.36. The lowest BCUT2D eigenvalue weighted by Gasteiger charge is -2.21. The second kappa shape index (κ2) is 8.17. The monoisotopic (exact) mass is 358 g/mol. The number of hydrogen-bond acceptors (Lipinski definition) is 2. The summed E-state index contributed by atoms with van der Waals surface area (Å²) in [5.74, 6) is -0.0233. The van der Waals surface area contributed by atoms with Crippen LogP contribution in [0.3, 0.4) is 0 Å². The van der Waals surface area contributed by atoms with Gasteiger partial charge in [-0.1, -0.05) is 37.6 Å². The van der Waals surface area contributed by atoms with Crippen molar-refractivity contribution in [2.75, 3.05) is 16.8 Å². The van der Waals surface area contributed by atoms with Gasteiger partial charge in [-0.05, 0) is 54.3 Å². The van der Waals surface area contributed by atoms with Gasteiger partial charge in [0.25, 0.3) is 0 Å². The van der Waals surface area contributed by atoms with E-state index in [1.54, 1.807) is 18.2 Å². The van der Waals surface area contributed by atoms with Gasteiger partial charge in [0, 0.05) is 23.3 Å². The van der Waals surface area contributed by atoms with E-state index in [0.29, 0.717) is 22.3 Å². The Morgan fingerprint density at radius 2 is 1.76 bits per heavy atom. The Balaban J connectivity index is 2.12. The van der Waals surface area contributed by atoms with Crippen molar-refractivity contribution in [1.29, 1.82) is 0 Å². The van der Waals surface area contributed by atoms with Crippen molar-refractivity contribution in [2.24, 2.45) is 0 Å². The Morgan fingerprint density at radius 3 is 2.28 bits per heavy atom. The number of nitrogens with one attached hydrogen (secondary N) is 1. The van der Waals surface area contributed by atoms with E-state index in [9.17, 15) is 9.59 Å². The molecule has 5 heteroatoms. The van der Waals surface area contributed by atoms with Crippen molar-refractivity contribution in [2.45, 2.75) is 33.6 Å². The van der Waals surface area contributed by atoms with Crippen LogP contribution in [-0.4, -0.2) is 18.4 Å². The van der Waals surface area contributed by atoms with Crippen LogP contribution in [0, 0.1) is 6.92 Å². The summed E-state index contributed by atoms with van der Waals surface area (Å²) >= 11 is 5.93. The second-order valence-corrected chi connectivity index (χ2v) is 6.80. The summed E-state index contributed by atoms with van der Waals surface area (Å²) in [7, 11) is 0. The molecule has 0 aliphatic rings. The van der Waals surface area contributed by atoms with Crippen LogP contribution in [0.2, 0.25) is 5.02 Å². The van der Waals surface area contributed by atoms with Crippen LogP contribution in [0.4, 0.5) is 11.4 Å². The maximum Gasteiger partial charge on any atom is 0.244 e. The summed E-state index contributed by atoms with van der Waals surface area (Å²) in [6.07, 6.45) is 0. The smallest absolute Gasteiger partial charge is 0.244 e. The molecule has 2 aromatic rings. The third-order valence-corrected chi connectivity index (χ3v) is 4.25. The fourth-order valence-electron chi connectivity index (χ4n) is 2.52. The van der Waals surface area contributed by atoms with Gasteiger partial charge >= 0.3 is 0 Å². The fourth-order valence-corrected chi connectivity index (χ4v) is 2.75. The number of carbonyl (C=O) groups is 2. The van der Waals surface area contributed by atoms with Gasteiger partial charge in [-0.2, -0.15) is 0 Å². The Bertz CT molecular complexity index is 770.